The highest BCUT2D eigenvalue weighted by molar-refractivity contribution is 5.98. The van der Waals surface area contributed by atoms with Crippen molar-refractivity contribution in [2.45, 2.75) is 13.3 Å². The molecule has 0 aromatic heterocycles. The third-order valence-corrected chi connectivity index (χ3v) is 4.54. The first kappa shape index (κ1) is 21.6. The molecule has 28 heavy (non-hydrogen) atoms. The molecule has 0 atom stereocenters. The summed E-state index contributed by atoms with van der Waals surface area (Å²) in [6.45, 7) is 5.56. The van der Waals surface area contributed by atoms with Gasteiger partial charge in [0.2, 0.25) is 11.8 Å². The Bertz CT molecular complexity index is 702. The van der Waals surface area contributed by atoms with E-state index in [1.807, 2.05) is 9.80 Å². The lowest BCUT2D eigenvalue weighted by molar-refractivity contribution is -0.122. The van der Waals surface area contributed by atoms with Crippen molar-refractivity contribution in [1.82, 2.24) is 10.2 Å². The van der Waals surface area contributed by atoms with Gasteiger partial charge in [-0.2, -0.15) is 0 Å². The molecule has 1 aliphatic rings. The van der Waals surface area contributed by atoms with Crippen LogP contribution in [0.15, 0.2) is 18.2 Å². The minimum Gasteiger partial charge on any atom is -0.478 e. The second-order valence-corrected chi connectivity index (χ2v) is 6.54. The molecule has 1 aromatic rings. The number of nitrogens with one attached hydrogen (secondary N) is 2. The minimum absolute atomic E-state index is 0.0484. The fraction of sp³-hybridized carbons (Fsp3) is 0.526. The zero-order valence-electron chi connectivity index (χ0n) is 16.4. The second kappa shape index (κ2) is 10.6. The number of methoxy groups -OCH3 is 1. The number of hydrogen-bond donors (Lipinski definition) is 3. The molecule has 1 aromatic carbocycles. The van der Waals surface area contributed by atoms with Crippen molar-refractivity contribution in [1.29, 1.82) is 0 Å². The lowest BCUT2D eigenvalue weighted by Gasteiger charge is -2.36. The molecule has 9 heteroatoms. The summed E-state index contributed by atoms with van der Waals surface area (Å²) in [7, 11) is 1.58. The van der Waals surface area contributed by atoms with Crippen molar-refractivity contribution in [3.8, 4) is 0 Å². The summed E-state index contributed by atoms with van der Waals surface area (Å²) in [6, 6.07) is 4.92. The SMILES string of the molecule is CCC(=O)Nc1ccc(N2CCN(CC(=O)NCCOC)CC2)c(C(=O)O)c1. The van der Waals surface area contributed by atoms with Crippen molar-refractivity contribution in [3.05, 3.63) is 23.8 Å². The smallest absolute Gasteiger partial charge is 0.337 e. The van der Waals surface area contributed by atoms with Gasteiger partial charge in [-0.3, -0.25) is 14.5 Å². The van der Waals surface area contributed by atoms with Gasteiger partial charge < -0.3 is 25.4 Å². The minimum atomic E-state index is -1.04. The number of carbonyl (C=O) groups excluding carboxylic acids is 2. The number of hydrogen-bond acceptors (Lipinski definition) is 6. The standard InChI is InChI=1S/C19H28N4O5/c1-3-17(24)21-14-4-5-16(15(12-14)19(26)27)23-9-7-22(8-10-23)13-18(25)20-6-11-28-2/h4-5,12H,3,6-11,13H2,1-2H3,(H,20,25)(H,21,24)(H,26,27). The van der Waals surface area contributed by atoms with E-state index in [0.717, 1.165) is 0 Å². The van der Waals surface area contributed by atoms with Gasteiger partial charge in [-0.15, -0.1) is 0 Å². The number of anilines is 2. The van der Waals surface area contributed by atoms with E-state index in [2.05, 4.69) is 10.6 Å². The number of carboxylic acid groups (broad SMARTS) is 1. The maximum absolute atomic E-state index is 11.9. The normalized spacial score (nSPS) is 14.6. The summed E-state index contributed by atoms with van der Waals surface area (Å²) < 4.78 is 4.91. The third-order valence-electron chi connectivity index (χ3n) is 4.54. The number of aromatic carboxylic acids is 1. The van der Waals surface area contributed by atoms with Gasteiger partial charge in [0.1, 0.15) is 0 Å². The maximum Gasteiger partial charge on any atom is 0.337 e. The van der Waals surface area contributed by atoms with Crippen LogP contribution >= 0.6 is 0 Å². The van der Waals surface area contributed by atoms with Crippen LogP contribution in [0.5, 0.6) is 0 Å². The molecule has 2 amide bonds. The first-order chi connectivity index (χ1) is 13.4. The van der Waals surface area contributed by atoms with Crippen LogP contribution in [0.1, 0.15) is 23.7 Å². The van der Waals surface area contributed by atoms with Crippen LogP contribution in [0.2, 0.25) is 0 Å². The molecule has 0 unspecified atom stereocenters. The summed E-state index contributed by atoms with van der Waals surface area (Å²) >= 11 is 0. The first-order valence-electron chi connectivity index (χ1n) is 9.34. The Morgan fingerprint density at radius 1 is 1.14 bits per heavy atom. The monoisotopic (exact) mass is 392 g/mol. The highest BCUT2D eigenvalue weighted by Crippen LogP contribution is 2.26. The average molecular weight is 392 g/mol. The molecule has 0 aliphatic carbocycles. The van der Waals surface area contributed by atoms with Crippen molar-refractivity contribution in [2.75, 3.05) is 63.2 Å². The van der Waals surface area contributed by atoms with Gasteiger partial charge in [-0.25, -0.2) is 4.79 Å². The summed E-state index contributed by atoms with van der Waals surface area (Å²) in [5, 5.41) is 15.1. The molecule has 1 heterocycles. The Morgan fingerprint density at radius 2 is 1.86 bits per heavy atom. The van der Waals surface area contributed by atoms with Crippen molar-refractivity contribution in [3.63, 3.8) is 0 Å². The van der Waals surface area contributed by atoms with Gasteiger partial charge in [-0.05, 0) is 18.2 Å². The zero-order valence-corrected chi connectivity index (χ0v) is 16.4. The van der Waals surface area contributed by atoms with Crippen molar-refractivity contribution >= 4 is 29.2 Å². The van der Waals surface area contributed by atoms with E-state index in [0.29, 0.717) is 63.7 Å². The number of carbonyl (C=O) groups is 3. The third kappa shape index (κ3) is 6.21. The second-order valence-electron chi connectivity index (χ2n) is 6.54. The number of carboxylic acids is 1. The molecule has 0 spiro atoms. The van der Waals surface area contributed by atoms with Gasteiger partial charge in [0.05, 0.1) is 24.4 Å². The molecule has 3 N–H and O–H groups in total. The number of amides is 2. The van der Waals surface area contributed by atoms with E-state index < -0.39 is 5.97 Å². The Morgan fingerprint density at radius 3 is 2.46 bits per heavy atom. The van der Waals surface area contributed by atoms with E-state index in [4.69, 9.17) is 4.74 Å². The highest BCUT2D eigenvalue weighted by Gasteiger charge is 2.23. The summed E-state index contributed by atoms with van der Waals surface area (Å²) in [5.41, 5.74) is 1.24. The van der Waals surface area contributed by atoms with Gasteiger partial charge >= 0.3 is 5.97 Å². The summed E-state index contributed by atoms with van der Waals surface area (Å²) in [5.74, 6) is -1.25. The number of rotatable bonds is 9. The summed E-state index contributed by atoms with van der Waals surface area (Å²) in [6.07, 6.45) is 0.325. The fourth-order valence-corrected chi connectivity index (χ4v) is 3.01. The Kier molecular flexibility index (Phi) is 8.21. The van der Waals surface area contributed by atoms with Crippen LogP contribution in [0.25, 0.3) is 0 Å². The maximum atomic E-state index is 11.9. The Balaban J connectivity index is 1.96. The molecule has 1 saturated heterocycles. The average Bonchev–Trinajstić information content (AvgIpc) is 2.68. The number of ether oxygens (including phenoxy) is 1. The van der Waals surface area contributed by atoms with E-state index in [-0.39, 0.29) is 17.4 Å². The Labute approximate surface area is 164 Å². The van der Waals surface area contributed by atoms with Crippen molar-refractivity contribution in [2.24, 2.45) is 0 Å². The topological polar surface area (TPSA) is 111 Å². The van der Waals surface area contributed by atoms with Crippen LogP contribution in [-0.4, -0.2) is 80.8 Å². The number of piperazine rings is 1. The van der Waals surface area contributed by atoms with E-state index in [1.54, 1.807) is 26.2 Å². The van der Waals surface area contributed by atoms with Crippen LogP contribution in [-0.2, 0) is 14.3 Å². The van der Waals surface area contributed by atoms with Gasteiger partial charge in [0, 0.05) is 51.9 Å². The van der Waals surface area contributed by atoms with Gasteiger partial charge in [-0.1, -0.05) is 6.92 Å². The quantitative estimate of drug-likeness (QED) is 0.528. The lowest BCUT2D eigenvalue weighted by atomic mass is 10.1. The molecule has 0 saturated carbocycles. The molecule has 2 rings (SSSR count). The van der Waals surface area contributed by atoms with Crippen molar-refractivity contribution < 1.29 is 24.2 Å². The van der Waals surface area contributed by atoms with Crippen LogP contribution in [0.3, 0.4) is 0 Å². The lowest BCUT2D eigenvalue weighted by Crippen LogP contribution is -2.50. The predicted octanol–water partition coefficient (Wildman–Crippen LogP) is 0.618. The molecule has 0 radical (unpaired) electrons. The molecule has 1 fully saturated rings. The molecule has 1 aliphatic heterocycles. The number of benzene rings is 1. The molecule has 0 bridgehead atoms. The predicted molar refractivity (Wildman–Crippen MR) is 106 cm³/mol. The molecule has 9 nitrogen and oxygen atoms in total. The van der Waals surface area contributed by atoms with E-state index in [1.165, 1.54) is 6.07 Å². The van der Waals surface area contributed by atoms with E-state index >= 15 is 0 Å². The van der Waals surface area contributed by atoms with Crippen LogP contribution in [0.4, 0.5) is 11.4 Å². The molecular formula is C19H28N4O5. The molecule has 154 valence electrons. The molecular weight excluding hydrogens is 364 g/mol. The number of nitrogens with zero attached hydrogens (tertiary/aromatic N) is 2. The summed E-state index contributed by atoms with van der Waals surface area (Å²) in [4.78, 5) is 39.2. The van der Waals surface area contributed by atoms with E-state index in [9.17, 15) is 19.5 Å². The fourth-order valence-electron chi connectivity index (χ4n) is 3.01. The Hall–Kier alpha value is -2.65. The zero-order chi connectivity index (χ0) is 20.5. The van der Waals surface area contributed by atoms with Gasteiger partial charge in [0.15, 0.2) is 0 Å². The van der Waals surface area contributed by atoms with Crippen LogP contribution in [0, 0.1) is 0 Å². The van der Waals surface area contributed by atoms with Crippen LogP contribution < -0.4 is 15.5 Å². The first-order valence-corrected chi connectivity index (χ1v) is 9.34. The van der Waals surface area contributed by atoms with Gasteiger partial charge in [0.25, 0.3) is 0 Å². The largest absolute Gasteiger partial charge is 0.478 e. The highest BCUT2D eigenvalue weighted by atomic mass is 16.5.